The van der Waals surface area contributed by atoms with E-state index in [1.54, 1.807) is 17.7 Å². The molecule has 0 spiro atoms. The Kier molecular flexibility index (Phi) is 5.98. The molecule has 1 saturated carbocycles. The summed E-state index contributed by atoms with van der Waals surface area (Å²) >= 11 is 0. The standard InChI is InChI=1S/C23H30FN5O2/c1-15-11-12-17(24)13-16(15)14-29-19-20(27(2)23(31)28(3)21(19)30)26-22(29)25-18-9-7-5-4-6-8-10-18/h11-13,18H,4-10,14H2,1-3H3,(H,25,26). The molecule has 0 amide bonds. The smallest absolute Gasteiger partial charge is 0.332 e. The van der Waals surface area contributed by atoms with Gasteiger partial charge >= 0.3 is 5.69 Å². The van der Waals surface area contributed by atoms with Gasteiger partial charge in [-0.05, 0) is 43.0 Å². The number of rotatable bonds is 4. The average Bonchev–Trinajstić information content (AvgIpc) is 3.07. The summed E-state index contributed by atoms with van der Waals surface area (Å²) in [5.74, 6) is 0.238. The van der Waals surface area contributed by atoms with Crippen LogP contribution in [0.1, 0.15) is 56.1 Å². The molecule has 0 bridgehead atoms. The fraction of sp³-hybridized carbons (Fsp3) is 0.522. The van der Waals surface area contributed by atoms with Crippen molar-refractivity contribution in [3.8, 4) is 0 Å². The van der Waals surface area contributed by atoms with Crippen LogP contribution in [0.5, 0.6) is 0 Å². The van der Waals surface area contributed by atoms with E-state index >= 15 is 0 Å². The van der Waals surface area contributed by atoms with Crippen LogP contribution in [0.3, 0.4) is 0 Å². The maximum absolute atomic E-state index is 14.0. The lowest BCUT2D eigenvalue weighted by atomic mass is 9.97. The fourth-order valence-corrected chi connectivity index (χ4v) is 4.47. The molecule has 4 rings (SSSR count). The number of hydrogen-bond donors (Lipinski definition) is 1. The van der Waals surface area contributed by atoms with Crippen molar-refractivity contribution in [2.45, 2.75) is 64.5 Å². The van der Waals surface area contributed by atoms with Gasteiger partial charge in [0.2, 0.25) is 5.95 Å². The Morgan fingerprint density at radius 2 is 1.74 bits per heavy atom. The Labute approximate surface area is 180 Å². The third-order valence-electron chi connectivity index (χ3n) is 6.43. The predicted molar refractivity (Wildman–Crippen MR) is 120 cm³/mol. The van der Waals surface area contributed by atoms with E-state index in [-0.39, 0.29) is 11.9 Å². The molecule has 0 atom stereocenters. The van der Waals surface area contributed by atoms with Crippen LogP contribution in [0, 0.1) is 12.7 Å². The van der Waals surface area contributed by atoms with E-state index in [1.807, 2.05) is 6.92 Å². The zero-order valence-corrected chi connectivity index (χ0v) is 18.4. The molecule has 166 valence electrons. The average molecular weight is 428 g/mol. The molecule has 0 unspecified atom stereocenters. The first-order chi connectivity index (χ1) is 14.9. The molecule has 7 nitrogen and oxygen atoms in total. The molecule has 0 saturated heterocycles. The summed E-state index contributed by atoms with van der Waals surface area (Å²) in [4.78, 5) is 30.2. The van der Waals surface area contributed by atoms with E-state index in [1.165, 1.54) is 43.0 Å². The summed E-state index contributed by atoms with van der Waals surface area (Å²) in [6.07, 6.45) is 8.13. The SMILES string of the molecule is Cc1ccc(F)cc1Cn1c(NC2CCCCCCC2)nc2c1c(=O)n(C)c(=O)n2C. The summed E-state index contributed by atoms with van der Waals surface area (Å²) in [5.41, 5.74) is 1.58. The van der Waals surface area contributed by atoms with Gasteiger partial charge in [-0.2, -0.15) is 4.98 Å². The maximum Gasteiger partial charge on any atom is 0.332 e. The number of halogens is 1. The number of nitrogens with zero attached hydrogens (tertiary/aromatic N) is 4. The molecule has 1 fully saturated rings. The van der Waals surface area contributed by atoms with Crippen molar-refractivity contribution in [2.24, 2.45) is 14.1 Å². The lowest BCUT2D eigenvalue weighted by molar-refractivity contribution is 0.468. The molecule has 0 radical (unpaired) electrons. The topological polar surface area (TPSA) is 73.8 Å². The second-order valence-corrected chi connectivity index (χ2v) is 8.66. The first-order valence-electron chi connectivity index (χ1n) is 11.0. The zero-order chi connectivity index (χ0) is 22.1. The summed E-state index contributed by atoms with van der Waals surface area (Å²) in [6, 6.07) is 4.92. The molecule has 1 N–H and O–H groups in total. The van der Waals surface area contributed by atoms with Gasteiger partial charge in [-0.15, -0.1) is 0 Å². The Morgan fingerprint density at radius 3 is 2.45 bits per heavy atom. The number of anilines is 1. The number of aryl methyl sites for hydroxylation is 2. The van der Waals surface area contributed by atoms with E-state index < -0.39 is 11.2 Å². The van der Waals surface area contributed by atoms with Crippen LogP contribution in [-0.2, 0) is 20.6 Å². The van der Waals surface area contributed by atoms with Crippen molar-refractivity contribution in [3.63, 3.8) is 0 Å². The Balaban J connectivity index is 1.85. The molecule has 1 aromatic carbocycles. The van der Waals surface area contributed by atoms with Crippen LogP contribution < -0.4 is 16.6 Å². The van der Waals surface area contributed by atoms with E-state index in [2.05, 4.69) is 10.3 Å². The number of nitrogens with one attached hydrogen (secondary N) is 1. The largest absolute Gasteiger partial charge is 0.353 e. The van der Waals surface area contributed by atoms with E-state index in [0.717, 1.165) is 41.4 Å². The molecular weight excluding hydrogens is 397 g/mol. The van der Waals surface area contributed by atoms with Crippen LogP contribution in [0.25, 0.3) is 11.2 Å². The van der Waals surface area contributed by atoms with Gasteiger partial charge in [-0.25, -0.2) is 9.18 Å². The number of hydrogen-bond acceptors (Lipinski definition) is 4. The second kappa shape index (κ2) is 8.69. The van der Waals surface area contributed by atoms with Gasteiger partial charge in [0, 0.05) is 20.1 Å². The van der Waals surface area contributed by atoms with Crippen molar-refractivity contribution in [1.82, 2.24) is 18.7 Å². The maximum atomic E-state index is 14.0. The van der Waals surface area contributed by atoms with Gasteiger partial charge in [0.15, 0.2) is 11.2 Å². The number of fused-ring (bicyclic) bond motifs is 1. The fourth-order valence-electron chi connectivity index (χ4n) is 4.47. The number of imidazole rings is 1. The summed E-state index contributed by atoms with van der Waals surface area (Å²) < 4.78 is 18.3. The van der Waals surface area contributed by atoms with Crippen LogP contribution in [-0.4, -0.2) is 24.7 Å². The Bertz CT molecular complexity index is 1220. The van der Waals surface area contributed by atoms with Gasteiger partial charge in [-0.3, -0.25) is 18.5 Å². The van der Waals surface area contributed by atoms with Gasteiger partial charge in [0.25, 0.3) is 5.56 Å². The highest BCUT2D eigenvalue weighted by molar-refractivity contribution is 5.74. The minimum Gasteiger partial charge on any atom is -0.353 e. The third kappa shape index (κ3) is 4.16. The van der Waals surface area contributed by atoms with E-state index in [9.17, 15) is 14.0 Å². The molecule has 3 aromatic rings. The Hall–Kier alpha value is -2.90. The minimum absolute atomic E-state index is 0.255. The predicted octanol–water partition coefficient (Wildman–Crippen LogP) is 3.45. The second-order valence-electron chi connectivity index (χ2n) is 8.66. The molecular formula is C23H30FN5O2. The molecule has 31 heavy (non-hydrogen) atoms. The summed E-state index contributed by atoms with van der Waals surface area (Å²) in [7, 11) is 3.09. The third-order valence-corrected chi connectivity index (χ3v) is 6.43. The molecule has 0 aliphatic heterocycles. The monoisotopic (exact) mass is 427 g/mol. The van der Waals surface area contributed by atoms with Crippen LogP contribution >= 0.6 is 0 Å². The summed E-state index contributed by atoms with van der Waals surface area (Å²) in [6.45, 7) is 2.21. The lowest BCUT2D eigenvalue weighted by Crippen LogP contribution is -2.37. The van der Waals surface area contributed by atoms with Crippen molar-refractivity contribution in [1.29, 1.82) is 0 Å². The van der Waals surface area contributed by atoms with E-state index in [0.29, 0.717) is 23.7 Å². The van der Waals surface area contributed by atoms with E-state index in [4.69, 9.17) is 0 Å². The highest BCUT2D eigenvalue weighted by Crippen LogP contribution is 2.24. The Morgan fingerprint density at radius 1 is 1.06 bits per heavy atom. The van der Waals surface area contributed by atoms with Crippen molar-refractivity contribution < 1.29 is 4.39 Å². The van der Waals surface area contributed by atoms with Crippen LogP contribution in [0.4, 0.5) is 10.3 Å². The number of benzene rings is 1. The molecule has 1 aliphatic carbocycles. The lowest BCUT2D eigenvalue weighted by Gasteiger charge is -2.22. The van der Waals surface area contributed by atoms with Crippen LogP contribution in [0.2, 0.25) is 0 Å². The van der Waals surface area contributed by atoms with Crippen molar-refractivity contribution >= 4 is 17.1 Å². The normalized spacial score (nSPS) is 15.7. The van der Waals surface area contributed by atoms with Gasteiger partial charge in [0.1, 0.15) is 5.82 Å². The van der Waals surface area contributed by atoms with Gasteiger partial charge < -0.3 is 5.32 Å². The molecule has 2 heterocycles. The molecule has 2 aromatic heterocycles. The highest BCUT2D eigenvalue weighted by Gasteiger charge is 2.22. The minimum atomic E-state index is -0.415. The van der Waals surface area contributed by atoms with Gasteiger partial charge in [-0.1, -0.05) is 38.2 Å². The van der Waals surface area contributed by atoms with Crippen molar-refractivity contribution in [2.75, 3.05) is 5.32 Å². The highest BCUT2D eigenvalue weighted by atomic mass is 19.1. The first kappa shape index (κ1) is 21.3. The first-order valence-corrected chi connectivity index (χ1v) is 11.0. The van der Waals surface area contributed by atoms with Crippen molar-refractivity contribution in [3.05, 3.63) is 56.0 Å². The molecule has 8 heteroatoms. The molecule has 1 aliphatic rings. The summed E-state index contributed by atoms with van der Waals surface area (Å²) in [5, 5.41) is 3.55. The number of aromatic nitrogens is 4. The quantitative estimate of drug-likeness (QED) is 0.692. The van der Waals surface area contributed by atoms with Crippen LogP contribution in [0.15, 0.2) is 27.8 Å². The van der Waals surface area contributed by atoms with Gasteiger partial charge in [0.05, 0.1) is 6.54 Å². The zero-order valence-electron chi connectivity index (χ0n) is 18.4.